The van der Waals surface area contributed by atoms with Crippen LogP contribution in [-0.2, 0) is 4.79 Å². The molecule has 0 aromatic heterocycles. The van der Waals surface area contributed by atoms with Crippen LogP contribution >= 0.6 is 0 Å². The maximum atomic E-state index is 11.4. The Morgan fingerprint density at radius 2 is 2.00 bits per heavy atom. The minimum atomic E-state index is -0.200. The SMILES string of the molecule is CC(C)NC(=O)CNC1(CO)CCCC1. The molecule has 3 N–H and O–H groups in total. The summed E-state index contributed by atoms with van der Waals surface area (Å²) in [5, 5.41) is 15.3. The molecule has 0 spiro atoms. The van der Waals surface area contributed by atoms with Crippen molar-refractivity contribution in [2.45, 2.75) is 51.1 Å². The summed E-state index contributed by atoms with van der Waals surface area (Å²) in [5.41, 5.74) is -0.200. The molecule has 0 aromatic rings. The van der Waals surface area contributed by atoms with Crippen LogP contribution < -0.4 is 10.6 Å². The monoisotopic (exact) mass is 214 g/mol. The van der Waals surface area contributed by atoms with E-state index in [0.29, 0.717) is 6.54 Å². The molecule has 0 bridgehead atoms. The summed E-state index contributed by atoms with van der Waals surface area (Å²) < 4.78 is 0. The van der Waals surface area contributed by atoms with Crippen LogP contribution in [0.25, 0.3) is 0 Å². The molecule has 0 unspecified atom stereocenters. The van der Waals surface area contributed by atoms with E-state index in [1.165, 1.54) is 0 Å². The molecular weight excluding hydrogens is 192 g/mol. The Labute approximate surface area is 91.4 Å². The van der Waals surface area contributed by atoms with Crippen molar-refractivity contribution in [3.63, 3.8) is 0 Å². The molecule has 4 nitrogen and oxygen atoms in total. The van der Waals surface area contributed by atoms with Crippen molar-refractivity contribution >= 4 is 5.91 Å². The first-order valence-electron chi connectivity index (χ1n) is 5.73. The Balaban J connectivity index is 2.31. The summed E-state index contributed by atoms with van der Waals surface area (Å²) >= 11 is 0. The molecule has 1 saturated carbocycles. The van der Waals surface area contributed by atoms with Gasteiger partial charge in [-0.15, -0.1) is 0 Å². The van der Waals surface area contributed by atoms with Gasteiger partial charge < -0.3 is 15.7 Å². The van der Waals surface area contributed by atoms with Gasteiger partial charge in [-0.3, -0.25) is 4.79 Å². The van der Waals surface area contributed by atoms with E-state index in [1.54, 1.807) is 0 Å². The van der Waals surface area contributed by atoms with Crippen molar-refractivity contribution in [3.8, 4) is 0 Å². The van der Waals surface area contributed by atoms with Gasteiger partial charge in [-0.05, 0) is 26.7 Å². The quantitative estimate of drug-likeness (QED) is 0.621. The highest BCUT2D eigenvalue weighted by Crippen LogP contribution is 2.28. The number of carbonyl (C=O) groups is 1. The van der Waals surface area contributed by atoms with Crippen LogP contribution in [0.4, 0.5) is 0 Å². The number of hydrogen-bond donors (Lipinski definition) is 3. The number of aliphatic hydroxyl groups excluding tert-OH is 1. The van der Waals surface area contributed by atoms with Crippen LogP contribution in [0.1, 0.15) is 39.5 Å². The van der Waals surface area contributed by atoms with E-state index in [0.717, 1.165) is 25.7 Å². The van der Waals surface area contributed by atoms with Crippen molar-refractivity contribution < 1.29 is 9.90 Å². The fraction of sp³-hybridized carbons (Fsp3) is 0.909. The van der Waals surface area contributed by atoms with Crippen LogP contribution in [-0.4, -0.2) is 35.7 Å². The van der Waals surface area contributed by atoms with E-state index in [2.05, 4.69) is 10.6 Å². The Kier molecular flexibility index (Phi) is 4.54. The van der Waals surface area contributed by atoms with Crippen molar-refractivity contribution in [2.75, 3.05) is 13.2 Å². The molecule has 0 saturated heterocycles. The standard InChI is InChI=1S/C11H22N2O2/c1-9(2)13-10(15)7-12-11(8-14)5-3-4-6-11/h9,12,14H,3-8H2,1-2H3,(H,13,15). The van der Waals surface area contributed by atoms with Crippen LogP contribution in [0.3, 0.4) is 0 Å². The number of nitrogens with one attached hydrogen (secondary N) is 2. The third-order valence-corrected chi connectivity index (χ3v) is 2.94. The van der Waals surface area contributed by atoms with Gasteiger partial charge in [0.2, 0.25) is 5.91 Å². The summed E-state index contributed by atoms with van der Waals surface area (Å²) in [6, 6.07) is 0.174. The summed E-state index contributed by atoms with van der Waals surface area (Å²) in [4.78, 5) is 11.4. The molecule has 15 heavy (non-hydrogen) atoms. The highest BCUT2D eigenvalue weighted by atomic mass is 16.3. The van der Waals surface area contributed by atoms with Crippen LogP contribution in [0.2, 0.25) is 0 Å². The average Bonchev–Trinajstić information content (AvgIpc) is 2.63. The van der Waals surface area contributed by atoms with E-state index in [1.807, 2.05) is 13.8 Å². The number of amides is 1. The maximum Gasteiger partial charge on any atom is 0.234 e. The zero-order valence-corrected chi connectivity index (χ0v) is 9.68. The second-order valence-electron chi connectivity index (χ2n) is 4.72. The highest BCUT2D eigenvalue weighted by molar-refractivity contribution is 5.78. The molecule has 1 aliphatic rings. The van der Waals surface area contributed by atoms with Gasteiger partial charge in [0.15, 0.2) is 0 Å². The number of hydrogen-bond acceptors (Lipinski definition) is 3. The van der Waals surface area contributed by atoms with Gasteiger partial charge in [0.05, 0.1) is 13.2 Å². The third-order valence-electron chi connectivity index (χ3n) is 2.94. The Morgan fingerprint density at radius 1 is 1.40 bits per heavy atom. The maximum absolute atomic E-state index is 11.4. The number of carbonyl (C=O) groups excluding carboxylic acids is 1. The Bertz CT molecular complexity index is 211. The fourth-order valence-corrected chi connectivity index (χ4v) is 2.08. The van der Waals surface area contributed by atoms with Crippen molar-refractivity contribution in [3.05, 3.63) is 0 Å². The van der Waals surface area contributed by atoms with Crippen LogP contribution in [0, 0.1) is 0 Å². The minimum absolute atomic E-state index is 0.00437. The van der Waals surface area contributed by atoms with Gasteiger partial charge in [-0.2, -0.15) is 0 Å². The van der Waals surface area contributed by atoms with Gasteiger partial charge in [-0.25, -0.2) is 0 Å². The largest absolute Gasteiger partial charge is 0.394 e. The molecule has 0 aliphatic heterocycles. The van der Waals surface area contributed by atoms with Crippen molar-refractivity contribution in [1.82, 2.24) is 10.6 Å². The minimum Gasteiger partial charge on any atom is -0.394 e. The predicted octanol–water partition coefficient (Wildman–Crippen LogP) is 0.406. The normalized spacial score (nSPS) is 19.5. The van der Waals surface area contributed by atoms with Gasteiger partial charge >= 0.3 is 0 Å². The molecule has 0 atom stereocenters. The molecule has 1 fully saturated rings. The first kappa shape index (κ1) is 12.5. The average molecular weight is 214 g/mol. The molecule has 1 rings (SSSR count). The first-order valence-corrected chi connectivity index (χ1v) is 5.73. The van der Waals surface area contributed by atoms with Crippen molar-refractivity contribution in [2.24, 2.45) is 0 Å². The zero-order chi connectivity index (χ0) is 11.3. The molecular formula is C11H22N2O2. The van der Waals surface area contributed by atoms with Gasteiger partial charge in [-0.1, -0.05) is 12.8 Å². The summed E-state index contributed by atoms with van der Waals surface area (Å²) in [6.07, 6.45) is 4.22. The predicted molar refractivity (Wildman–Crippen MR) is 59.6 cm³/mol. The van der Waals surface area contributed by atoms with Gasteiger partial charge in [0.1, 0.15) is 0 Å². The van der Waals surface area contributed by atoms with E-state index in [-0.39, 0.29) is 24.1 Å². The highest BCUT2D eigenvalue weighted by Gasteiger charge is 2.32. The molecule has 4 heteroatoms. The lowest BCUT2D eigenvalue weighted by Crippen LogP contribution is -2.50. The fourth-order valence-electron chi connectivity index (χ4n) is 2.08. The van der Waals surface area contributed by atoms with Crippen LogP contribution in [0.15, 0.2) is 0 Å². The smallest absolute Gasteiger partial charge is 0.234 e. The van der Waals surface area contributed by atoms with E-state index < -0.39 is 0 Å². The molecule has 88 valence electrons. The van der Waals surface area contributed by atoms with Gasteiger partial charge in [0, 0.05) is 11.6 Å². The third kappa shape index (κ3) is 3.80. The molecule has 0 heterocycles. The summed E-state index contributed by atoms with van der Waals surface area (Å²) in [5.74, 6) is 0.00437. The second kappa shape index (κ2) is 5.47. The van der Waals surface area contributed by atoms with Crippen molar-refractivity contribution in [1.29, 1.82) is 0 Å². The summed E-state index contributed by atoms with van der Waals surface area (Å²) in [7, 11) is 0. The summed E-state index contributed by atoms with van der Waals surface area (Å²) in [6.45, 7) is 4.31. The van der Waals surface area contributed by atoms with Crippen LogP contribution in [0.5, 0.6) is 0 Å². The lowest BCUT2D eigenvalue weighted by molar-refractivity contribution is -0.121. The number of aliphatic hydroxyl groups is 1. The molecule has 1 amide bonds. The topological polar surface area (TPSA) is 61.4 Å². The van der Waals surface area contributed by atoms with E-state index in [9.17, 15) is 9.90 Å². The molecule has 0 aromatic carbocycles. The number of rotatable bonds is 5. The Hall–Kier alpha value is -0.610. The van der Waals surface area contributed by atoms with E-state index >= 15 is 0 Å². The second-order valence-corrected chi connectivity index (χ2v) is 4.72. The zero-order valence-electron chi connectivity index (χ0n) is 9.68. The Morgan fingerprint density at radius 3 is 2.47 bits per heavy atom. The lowest BCUT2D eigenvalue weighted by Gasteiger charge is -2.27. The van der Waals surface area contributed by atoms with E-state index in [4.69, 9.17) is 0 Å². The van der Waals surface area contributed by atoms with Gasteiger partial charge in [0.25, 0.3) is 0 Å². The molecule has 1 aliphatic carbocycles. The lowest BCUT2D eigenvalue weighted by atomic mass is 9.99. The first-order chi connectivity index (χ1) is 7.08. The molecule has 0 radical (unpaired) electrons.